The van der Waals surface area contributed by atoms with Gasteiger partial charge in [-0.2, -0.15) is 0 Å². The van der Waals surface area contributed by atoms with Gasteiger partial charge in [0.05, 0.1) is 41.2 Å². The molecule has 180 valence electrons. The molecule has 5 heterocycles. The predicted molar refractivity (Wildman–Crippen MR) is 128 cm³/mol. The summed E-state index contributed by atoms with van der Waals surface area (Å²) in [5, 5.41) is 14.6. The maximum absolute atomic E-state index is 10.6. The topological polar surface area (TPSA) is 102 Å². The van der Waals surface area contributed by atoms with Crippen LogP contribution in [0, 0.1) is 5.92 Å². The average Bonchev–Trinajstić information content (AvgIpc) is 3.22. The Morgan fingerprint density at radius 3 is 2.88 bits per heavy atom. The number of nitrogens with one attached hydrogen (secondary N) is 1. The highest BCUT2D eigenvalue weighted by atomic mass is 35.5. The van der Waals surface area contributed by atoms with Gasteiger partial charge in [0.2, 0.25) is 5.88 Å². The predicted octanol–water partition coefficient (Wildman–Crippen LogP) is 2.08. The fraction of sp³-hybridized carbons (Fsp3) is 0.458. The molecule has 34 heavy (non-hydrogen) atoms. The first kappa shape index (κ1) is 23.0. The number of hydrogen-bond donors (Lipinski definition) is 2. The van der Waals surface area contributed by atoms with Crippen LogP contribution >= 0.6 is 11.6 Å². The molecule has 2 N–H and O–H groups in total. The molecule has 2 atom stereocenters. The van der Waals surface area contributed by atoms with Crippen molar-refractivity contribution in [1.82, 2.24) is 25.2 Å². The molecule has 3 aromatic heterocycles. The van der Waals surface area contributed by atoms with E-state index in [4.69, 9.17) is 25.8 Å². The summed E-state index contributed by atoms with van der Waals surface area (Å²) in [6, 6.07) is 5.59. The number of halogens is 1. The lowest BCUT2D eigenvalue weighted by Crippen LogP contribution is -2.30. The Bertz CT molecular complexity index is 1160. The van der Waals surface area contributed by atoms with Crippen molar-refractivity contribution in [2.75, 3.05) is 46.5 Å². The van der Waals surface area contributed by atoms with Crippen LogP contribution in [0.25, 0.3) is 11.0 Å². The zero-order valence-corrected chi connectivity index (χ0v) is 19.8. The smallest absolute Gasteiger partial charge is 0.213 e. The van der Waals surface area contributed by atoms with Crippen molar-refractivity contribution in [3.05, 3.63) is 46.9 Å². The second kappa shape index (κ2) is 10.3. The van der Waals surface area contributed by atoms with E-state index in [1.165, 1.54) is 0 Å². The molecule has 0 unspecified atom stereocenters. The van der Waals surface area contributed by atoms with Gasteiger partial charge in [-0.25, -0.2) is 4.98 Å². The minimum absolute atomic E-state index is 0.139. The number of pyridine rings is 3. The van der Waals surface area contributed by atoms with Crippen molar-refractivity contribution in [3.63, 3.8) is 0 Å². The van der Waals surface area contributed by atoms with Crippen molar-refractivity contribution in [1.29, 1.82) is 0 Å². The van der Waals surface area contributed by atoms with Gasteiger partial charge in [0, 0.05) is 62.5 Å². The number of nitrogens with zero attached hydrogens (tertiary/aromatic N) is 4. The molecule has 0 saturated carbocycles. The van der Waals surface area contributed by atoms with Crippen molar-refractivity contribution in [2.24, 2.45) is 5.92 Å². The number of hydrogen-bond acceptors (Lipinski definition) is 9. The Labute approximate surface area is 203 Å². The molecule has 10 heteroatoms. The number of likely N-dealkylation sites (tertiary alicyclic amines) is 1. The summed E-state index contributed by atoms with van der Waals surface area (Å²) in [5.41, 5.74) is 3.38. The standard InChI is InChI=1S/C24H28ClN5O4/c1-32-23-3-2-19-24(29-23)17(18(25)11-28-19)4-5-30-13-15(20(31)14-30)9-26-10-16-8-21-22(12-27-16)34-7-6-33-21/h2-3,8,11-12,15,20,26,31H,4-7,9-10,13-14H2,1H3/t15-,20+/m0/s1. The molecule has 5 rings (SSSR count). The Kier molecular flexibility index (Phi) is 6.96. The van der Waals surface area contributed by atoms with E-state index in [1.807, 2.05) is 12.1 Å². The number of methoxy groups -OCH3 is 1. The highest BCUT2D eigenvalue weighted by Crippen LogP contribution is 2.29. The van der Waals surface area contributed by atoms with Gasteiger partial charge in [-0.3, -0.25) is 9.97 Å². The van der Waals surface area contributed by atoms with Crippen LogP contribution in [0.4, 0.5) is 0 Å². The van der Waals surface area contributed by atoms with Gasteiger partial charge in [0.1, 0.15) is 13.2 Å². The first-order valence-corrected chi connectivity index (χ1v) is 11.8. The van der Waals surface area contributed by atoms with Gasteiger partial charge in [0.15, 0.2) is 11.5 Å². The van der Waals surface area contributed by atoms with Crippen LogP contribution in [-0.4, -0.2) is 77.6 Å². The third-order valence-corrected chi connectivity index (χ3v) is 6.63. The fourth-order valence-corrected chi connectivity index (χ4v) is 4.73. The van der Waals surface area contributed by atoms with E-state index < -0.39 is 0 Å². The van der Waals surface area contributed by atoms with E-state index in [0.717, 1.165) is 41.1 Å². The lowest BCUT2D eigenvalue weighted by molar-refractivity contribution is 0.140. The molecular formula is C24H28ClN5O4. The summed E-state index contributed by atoms with van der Waals surface area (Å²) in [7, 11) is 1.59. The third kappa shape index (κ3) is 5.02. The van der Waals surface area contributed by atoms with Gasteiger partial charge in [0.25, 0.3) is 0 Å². The third-order valence-electron chi connectivity index (χ3n) is 6.31. The number of rotatable bonds is 8. The molecule has 9 nitrogen and oxygen atoms in total. The van der Waals surface area contributed by atoms with Gasteiger partial charge in [-0.1, -0.05) is 11.6 Å². The zero-order valence-electron chi connectivity index (χ0n) is 19.0. The van der Waals surface area contributed by atoms with Crippen molar-refractivity contribution in [3.8, 4) is 17.4 Å². The second-order valence-corrected chi connectivity index (χ2v) is 9.00. The fourth-order valence-electron chi connectivity index (χ4n) is 4.50. The normalized spacial score (nSPS) is 20.1. The number of aromatic nitrogens is 3. The largest absolute Gasteiger partial charge is 0.486 e. The Hall–Kier alpha value is -2.72. The van der Waals surface area contributed by atoms with Gasteiger partial charge in [-0.15, -0.1) is 0 Å². The van der Waals surface area contributed by atoms with Crippen molar-refractivity contribution in [2.45, 2.75) is 19.1 Å². The number of β-amino-alcohol motifs (C(OH)–C–C–N with tert-alkyl or cyclic N) is 1. The van der Waals surface area contributed by atoms with Crippen LogP contribution in [0.3, 0.4) is 0 Å². The van der Waals surface area contributed by atoms with E-state index in [9.17, 15) is 5.11 Å². The SMILES string of the molecule is COc1ccc2ncc(Cl)c(CCN3C[C@H](CNCc4cc5c(cn4)OCCO5)[C@H](O)C3)c2n1. The van der Waals surface area contributed by atoms with Gasteiger partial charge >= 0.3 is 0 Å². The Balaban J connectivity index is 1.15. The lowest BCUT2D eigenvalue weighted by Gasteiger charge is -2.19. The molecule has 0 aromatic carbocycles. The van der Waals surface area contributed by atoms with Gasteiger partial charge in [-0.05, 0) is 12.5 Å². The van der Waals surface area contributed by atoms with E-state index >= 15 is 0 Å². The van der Waals surface area contributed by atoms with E-state index in [-0.39, 0.29) is 12.0 Å². The highest BCUT2D eigenvalue weighted by Gasteiger charge is 2.31. The Morgan fingerprint density at radius 1 is 1.18 bits per heavy atom. The lowest BCUT2D eigenvalue weighted by atomic mass is 10.1. The van der Waals surface area contributed by atoms with Crippen LogP contribution in [0.2, 0.25) is 5.02 Å². The molecule has 0 bridgehead atoms. The molecule has 2 aliphatic heterocycles. The molecule has 0 spiro atoms. The average molecular weight is 486 g/mol. The summed E-state index contributed by atoms with van der Waals surface area (Å²) < 4.78 is 16.4. The van der Waals surface area contributed by atoms with Crippen molar-refractivity contribution < 1.29 is 19.3 Å². The molecule has 1 saturated heterocycles. The monoisotopic (exact) mass is 485 g/mol. The molecule has 0 radical (unpaired) electrons. The van der Waals surface area contributed by atoms with Crippen LogP contribution < -0.4 is 19.5 Å². The summed E-state index contributed by atoms with van der Waals surface area (Å²) in [4.78, 5) is 15.6. The summed E-state index contributed by atoms with van der Waals surface area (Å²) in [6.45, 7) is 4.62. The van der Waals surface area contributed by atoms with E-state index in [1.54, 1.807) is 25.6 Å². The first-order chi connectivity index (χ1) is 16.6. The molecule has 2 aliphatic rings. The van der Waals surface area contributed by atoms with Crippen LogP contribution in [0.5, 0.6) is 17.4 Å². The van der Waals surface area contributed by atoms with Crippen LogP contribution in [-0.2, 0) is 13.0 Å². The molecule has 1 fully saturated rings. The second-order valence-electron chi connectivity index (χ2n) is 8.59. The minimum atomic E-state index is -0.386. The maximum Gasteiger partial charge on any atom is 0.213 e. The van der Waals surface area contributed by atoms with E-state index in [0.29, 0.717) is 55.9 Å². The summed E-state index contributed by atoms with van der Waals surface area (Å²) in [5.74, 6) is 2.10. The molecular weight excluding hydrogens is 458 g/mol. The molecule has 3 aromatic rings. The number of aliphatic hydroxyl groups is 1. The Morgan fingerprint density at radius 2 is 2.03 bits per heavy atom. The number of ether oxygens (including phenoxy) is 3. The maximum atomic E-state index is 10.6. The van der Waals surface area contributed by atoms with E-state index in [2.05, 4.69) is 25.2 Å². The molecule has 0 amide bonds. The number of fused-ring (bicyclic) bond motifs is 2. The van der Waals surface area contributed by atoms with Crippen LogP contribution in [0.1, 0.15) is 11.3 Å². The molecule has 0 aliphatic carbocycles. The summed E-state index contributed by atoms with van der Waals surface area (Å²) in [6.07, 6.45) is 3.70. The van der Waals surface area contributed by atoms with Gasteiger partial charge < -0.3 is 29.5 Å². The minimum Gasteiger partial charge on any atom is -0.486 e. The highest BCUT2D eigenvalue weighted by molar-refractivity contribution is 6.32. The van der Waals surface area contributed by atoms with Crippen molar-refractivity contribution >= 4 is 22.6 Å². The quantitative estimate of drug-likeness (QED) is 0.496. The number of aliphatic hydroxyl groups excluding tert-OH is 1. The summed E-state index contributed by atoms with van der Waals surface area (Å²) >= 11 is 6.47. The zero-order chi connectivity index (χ0) is 23.5. The van der Waals surface area contributed by atoms with Crippen LogP contribution in [0.15, 0.2) is 30.6 Å². The first-order valence-electron chi connectivity index (χ1n) is 11.4.